The minimum Gasteiger partial charge on any atom is -0.311 e. The first-order chi connectivity index (χ1) is 12.1. The first-order valence-corrected chi connectivity index (χ1v) is 10.4. The third-order valence-corrected chi connectivity index (χ3v) is 7.53. The second-order valence-electron chi connectivity index (χ2n) is 6.12. The van der Waals surface area contributed by atoms with Crippen LogP contribution in [0.1, 0.15) is 23.9 Å². The van der Waals surface area contributed by atoms with Crippen molar-refractivity contribution in [3.8, 4) is 10.6 Å². The third-order valence-electron chi connectivity index (χ3n) is 4.34. The maximum absolute atomic E-state index is 13.0. The molecule has 144 valence electrons. The van der Waals surface area contributed by atoms with Crippen molar-refractivity contribution in [2.24, 2.45) is 0 Å². The number of aryl methyl sites for hydroxylation is 1. The Morgan fingerprint density at radius 2 is 2.12 bits per heavy atom. The zero-order valence-electron chi connectivity index (χ0n) is 14.2. The number of hydrogen-bond acceptors (Lipinski definition) is 5. The molecule has 1 saturated heterocycles. The number of hydrogen-bond donors (Lipinski definition) is 2. The minimum atomic E-state index is -4.53. The van der Waals surface area contributed by atoms with Crippen LogP contribution < -0.4 is 5.32 Å². The van der Waals surface area contributed by atoms with Crippen molar-refractivity contribution in [2.45, 2.75) is 37.4 Å². The van der Waals surface area contributed by atoms with E-state index in [1.165, 1.54) is 10.4 Å². The SMILES string of the molecule is CCC1CN(S(=O)(=O)c2cc(-c3cc(C(F)(F)F)[nH]n3)sc2C)CCN1. The normalized spacial score (nSPS) is 19.8. The Balaban J connectivity index is 1.91. The van der Waals surface area contributed by atoms with Crippen LogP contribution in [0.2, 0.25) is 0 Å². The minimum absolute atomic E-state index is 0.0821. The summed E-state index contributed by atoms with van der Waals surface area (Å²) in [6.45, 7) is 4.95. The lowest BCUT2D eigenvalue weighted by Gasteiger charge is -2.32. The number of sulfonamides is 1. The molecule has 3 rings (SSSR count). The molecule has 0 bridgehead atoms. The van der Waals surface area contributed by atoms with Gasteiger partial charge in [-0.15, -0.1) is 11.3 Å². The highest BCUT2D eigenvalue weighted by molar-refractivity contribution is 7.89. The van der Waals surface area contributed by atoms with Crippen molar-refractivity contribution in [2.75, 3.05) is 19.6 Å². The summed E-state index contributed by atoms with van der Waals surface area (Å²) in [7, 11) is -3.70. The van der Waals surface area contributed by atoms with E-state index in [0.717, 1.165) is 23.8 Å². The summed E-state index contributed by atoms with van der Waals surface area (Å²) in [6, 6.07) is 2.39. The number of H-pyrrole nitrogens is 1. The average molecular weight is 408 g/mol. The maximum Gasteiger partial charge on any atom is 0.432 e. The smallest absolute Gasteiger partial charge is 0.311 e. The Hall–Kier alpha value is -1.43. The number of nitrogens with one attached hydrogen (secondary N) is 2. The summed E-state index contributed by atoms with van der Waals surface area (Å²) in [4.78, 5) is 1.05. The van der Waals surface area contributed by atoms with Crippen molar-refractivity contribution in [3.05, 3.63) is 22.7 Å². The van der Waals surface area contributed by atoms with E-state index in [4.69, 9.17) is 0 Å². The Kier molecular flexibility index (Phi) is 5.17. The molecule has 2 aromatic rings. The fourth-order valence-electron chi connectivity index (χ4n) is 2.87. The molecule has 0 spiro atoms. The molecule has 26 heavy (non-hydrogen) atoms. The summed E-state index contributed by atoms with van der Waals surface area (Å²) >= 11 is 1.12. The van der Waals surface area contributed by atoms with Gasteiger partial charge >= 0.3 is 6.18 Å². The summed E-state index contributed by atoms with van der Waals surface area (Å²) in [5.41, 5.74) is -0.880. The lowest BCUT2D eigenvalue weighted by atomic mass is 10.2. The number of halogens is 3. The molecular weight excluding hydrogens is 389 g/mol. The van der Waals surface area contributed by atoms with Crippen LogP contribution in [0.4, 0.5) is 13.2 Å². The number of aromatic nitrogens is 2. The van der Waals surface area contributed by atoms with Crippen LogP contribution in [-0.2, 0) is 16.2 Å². The van der Waals surface area contributed by atoms with Crippen LogP contribution in [0.25, 0.3) is 10.6 Å². The molecule has 1 aliphatic heterocycles. The molecule has 0 radical (unpaired) electrons. The predicted molar refractivity (Wildman–Crippen MR) is 92.5 cm³/mol. The highest BCUT2D eigenvalue weighted by atomic mass is 32.2. The molecule has 0 aliphatic carbocycles. The van der Waals surface area contributed by atoms with Crippen LogP contribution in [0.15, 0.2) is 17.0 Å². The van der Waals surface area contributed by atoms with Gasteiger partial charge in [-0.1, -0.05) is 6.92 Å². The van der Waals surface area contributed by atoms with Crippen LogP contribution in [0.5, 0.6) is 0 Å². The van der Waals surface area contributed by atoms with Crippen LogP contribution in [-0.4, -0.2) is 48.6 Å². The highest BCUT2D eigenvalue weighted by Crippen LogP contribution is 2.36. The van der Waals surface area contributed by atoms with Crippen LogP contribution in [0.3, 0.4) is 0 Å². The molecule has 2 N–H and O–H groups in total. The molecule has 6 nitrogen and oxygen atoms in total. The second kappa shape index (κ2) is 6.95. The van der Waals surface area contributed by atoms with Crippen molar-refractivity contribution in [1.82, 2.24) is 19.8 Å². The number of aromatic amines is 1. The second-order valence-corrected chi connectivity index (χ2v) is 9.28. The summed E-state index contributed by atoms with van der Waals surface area (Å²) < 4.78 is 65.6. The number of nitrogens with zero attached hydrogens (tertiary/aromatic N) is 2. The summed E-state index contributed by atoms with van der Waals surface area (Å²) in [6.07, 6.45) is -3.71. The zero-order valence-corrected chi connectivity index (χ0v) is 15.9. The summed E-state index contributed by atoms with van der Waals surface area (Å²) in [5.74, 6) is 0. The van der Waals surface area contributed by atoms with Gasteiger partial charge in [0, 0.05) is 30.6 Å². The molecule has 0 aromatic carbocycles. The third kappa shape index (κ3) is 3.66. The first-order valence-electron chi connectivity index (χ1n) is 8.10. The van der Waals surface area contributed by atoms with E-state index in [1.807, 2.05) is 12.0 Å². The molecule has 2 aromatic heterocycles. The van der Waals surface area contributed by atoms with E-state index < -0.39 is 21.9 Å². The van der Waals surface area contributed by atoms with Gasteiger partial charge in [-0.2, -0.15) is 22.6 Å². The number of thiophene rings is 1. The number of rotatable bonds is 4. The van der Waals surface area contributed by atoms with Gasteiger partial charge in [-0.3, -0.25) is 5.10 Å². The molecule has 1 fully saturated rings. The standard InChI is InChI=1S/C15H19F3N4O2S2/c1-3-10-8-22(5-4-19-10)26(23,24)13-7-12(25-9(13)2)11-6-14(21-20-11)15(16,17)18/h6-7,10,19H,3-5,8H2,1-2H3,(H,20,21). The lowest BCUT2D eigenvalue weighted by Crippen LogP contribution is -2.52. The number of piperazine rings is 1. The first kappa shape index (κ1) is 19.3. The Morgan fingerprint density at radius 1 is 1.38 bits per heavy atom. The van der Waals surface area contributed by atoms with Crippen molar-refractivity contribution >= 4 is 21.4 Å². The van der Waals surface area contributed by atoms with Crippen molar-refractivity contribution in [3.63, 3.8) is 0 Å². The lowest BCUT2D eigenvalue weighted by molar-refractivity contribution is -0.141. The van der Waals surface area contributed by atoms with E-state index in [9.17, 15) is 21.6 Å². The van der Waals surface area contributed by atoms with E-state index in [0.29, 0.717) is 29.4 Å². The fraction of sp³-hybridized carbons (Fsp3) is 0.533. The molecule has 3 heterocycles. The molecule has 1 atom stereocenters. The topological polar surface area (TPSA) is 78.1 Å². The van der Waals surface area contributed by atoms with Gasteiger partial charge in [0.25, 0.3) is 0 Å². The Morgan fingerprint density at radius 3 is 2.73 bits per heavy atom. The monoisotopic (exact) mass is 408 g/mol. The fourth-order valence-corrected chi connectivity index (χ4v) is 5.87. The van der Waals surface area contributed by atoms with E-state index in [1.54, 1.807) is 6.92 Å². The average Bonchev–Trinajstić information content (AvgIpc) is 3.21. The van der Waals surface area contributed by atoms with Gasteiger partial charge in [0.1, 0.15) is 11.4 Å². The van der Waals surface area contributed by atoms with Gasteiger partial charge < -0.3 is 5.32 Å². The van der Waals surface area contributed by atoms with Crippen molar-refractivity contribution in [1.29, 1.82) is 0 Å². The zero-order chi connectivity index (χ0) is 19.1. The maximum atomic E-state index is 13.0. The highest BCUT2D eigenvalue weighted by Gasteiger charge is 2.34. The van der Waals surface area contributed by atoms with E-state index >= 15 is 0 Å². The molecule has 11 heteroatoms. The number of alkyl halides is 3. The molecule has 0 saturated carbocycles. The molecular formula is C15H19F3N4O2S2. The quantitative estimate of drug-likeness (QED) is 0.816. The van der Waals surface area contributed by atoms with Crippen LogP contribution >= 0.6 is 11.3 Å². The molecule has 1 unspecified atom stereocenters. The van der Waals surface area contributed by atoms with Gasteiger partial charge in [0.2, 0.25) is 10.0 Å². The van der Waals surface area contributed by atoms with E-state index in [2.05, 4.69) is 10.4 Å². The van der Waals surface area contributed by atoms with Gasteiger partial charge in [0.05, 0.1) is 9.77 Å². The van der Waals surface area contributed by atoms with Crippen molar-refractivity contribution < 1.29 is 21.6 Å². The van der Waals surface area contributed by atoms with Gasteiger partial charge in [-0.25, -0.2) is 8.42 Å². The Labute approximate surface area is 153 Å². The van der Waals surface area contributed by atoms with Gasteiger partial charge in [-0.05, 0) is 25.5 Å². The van der Waals surface area contributed by atoms with E-state index in [-0.39, 0.29) is 16.6 Å². The molecule has 1 aliphatic rings. The van der Waals surface area contributed by atoms with Crippen LogP contribution in [0, 0.1) is 6.92 Å². The largest absolute Gasteiger partial charge is 0.432 e. The molecule has 0 amide bonds. The summed E-state index contributed by atoms with van der Waals surface area (Å²) in [5, 5.41) is 8.89. The predicted octanol–water partition coefficient (Wildman–Crippen LogP) is 2.84. The van der Waals surface area contributed by atoms with Gasteiger partial charge in [0.15, 0.2) is 0 Å². The Bertz CT molecular complexity index is 889.